The lowest BCUT2D eigenvalue weighted by molar-refractivity contribution is -0.184. The van der Waals surface area contributed by atoms with Crippen molar-refractivity contribution in [2.24, 2.45) is 0 Å². The number of likely N-dealkylation sites (N-methyl/N-ethyl adjacent to an activating group) is 1. The zero-order chi connectivity index (χ0) is 39.4. The molecule has 2 aliphatic carbocycles. The first-order valence-corrected chi connectivity index (χ1v) is 17.9. The summed E-state index contributed by atoms with van der Waals surface area (Å²) >= 11 is 0. The number of carbonyl (C=O) groups is 5. The van der Waals surface area contributed by atoms with E-state index < -0.39 is 77.0 Å². The van der Waals surface area contributed by atoms with E-state index in [4.69, 9.17) is 33.2 Å². The van der Waals surface area contributed by atoms with E-state index in [2.05, 4.69) is 4.90 Å². The maximum absolute atomic E-state index is 14.2. The molecule has 290 valence electrons. The van der Waals surface area contributed by atoms with Gasteiger partial charge in [-0.15, -0.1) is 0 Å². The fourth-order valence-corrected chi connectivity index (χ4v) is 8.02. The molecular formula is C40H47NO13. The number of nitrogens with zero attached hydrogens (tertiary/aromatic N) is 1. The number of carbonyl (C=O) groups excluding carboxylic acids is 5. The molecule has 0 aromatic heterocycles. The summed E-state index contributed by atoms with van der Waals surface area (Å²) < 4.78 is 39.9. The van der Waals surface area contributed by atoms with Crippen molar-refractivity contribution in [3.8, 4) is 11.5 Å². The Morgan fingerprint density at radius 3 is 2.26 bits per heavy atom. The summed E-state index contributed by atoms with van der Waals surface area (Å²) in [7, 11) is 1.95. The highest BCUT2D eigenvalue weighted by atomic mass is 16.7. The molecule has 14 nitrogen and oxygen atoms in total. The van der Waals surface area contributed by atoms with Gasteiger partial charge in [0, 0.05) is 30.5 Å². The van der Waals surface area contributed by atoms with Gasteiger partial charge in [-0.2, -0.15) is 0 Å². The van der Waals surface area contributed by atoms with Crippen molar-refractivity contribution in [3.63, 3.8) is 0 Å². The van der Waals surface area contributed by atoms with Gasteiger partial charge in [-0.3, -0.25) is 9.59 Å². The normalized spacial score (nSPS) is 25.1. The van der Waals surface area contributed by atoms with E-state index in [-0.39, 0.29) is 35.3 Å². The van der Waals surface area contributed by atoms with Gasteiger partial charge in [0.1, 0.15) is 17.0 Å². The minimum absolute atomic E-state index is 0.0718. The van der Waals surface area contributed by atoms with Crippen LogP contribution in [0.3, 0.4) is 0 Å². The van der Waals surface area contributed by atoms with Gasteiger partial charge in [-0.05, 0) is 85.7 Å². The van der Waals surface area contributed by atoms with Crippen molar-refractivity contribution >= 4 is 30.0 Å². The van der Waals surface area contributed by atoms with E-state index in [0.29, 0.717) is 24.9 Å². The minimum atomic E-state index is -1.72. The molecule has 1 spiro atoms. The molecule has 2 bridgehead atoms. The van der Waals surface area contributed by atoms with Crippen LogP contribution in [-0.2, 0) is 54.7 Å². The summed E-state index contributed by atoms with van der Waals surface area (Å²) in [6.07, 6.45) is -3.40. The average Bonchev–Trinajstić information content (AvgIpc) is 3.42. The lowest BCUT2D eigenvalue weighted by atomic mass is 9.50. The van der Waals surface area contributed by atoms with Gasteiger partial charge in [-0.25, -0.2) is 14.4 Å². The number of aliphatic hydroxyl groups is 1. The number of piperidine rings is 1. The zero-order valence-corrected chi connectivity index (χ0v) is 31.8. The molecule has 2 aromatic carbocycles. The van der Waals surface area contributed by atoms with Crippen LogP contribution >= 0.6 is 0 Å². The van der Waals surface area contributed by atoms with Gasteiger partial charge >= 0.3 is 30.0 Å². The largest absolute Gasteiger partial charge is 0.514 e. The summed E-state index contributed by atoms with van der Waals surface area (Å²) in [6.45, 7) is 11.7. The molecule has 6 atom stereocenters. The summed E-state index contributed by atoms with van der Waals surface area (Å²) in [5.74, 6) is -3.44. The summed E-state index contributed by atoms with van der Waals surface area (Å²) in [5.41, 5.74) is -2.34. The van der Waals surface area contributed by atoms with E-state index in [9.17, 15) is 29.1 Å². The van der Waals surface area contributed by atoms with E-state index >= 15 is 0 Å². The number of rotatable bonds is 9. The van der Waals surface area contributed by atoms with E-state index in [1.807, 2.05) is 13.1 Å². The molecule has 1 N–H and O–H groups in total. The van der Waals surface area contributed by atoms with Crippen LogP contribution in [0.1, 0.15) is 90.5 Å². The van der Waals surface area contributed by atoms with Crippen molar-refractivity contribution in [2.45, 2.75) is 121 Å². The second-order valence-corrected chi connectivity index (χ2v) is 16.2. The highest BCUT2D eigenvalue weighted by molar-refractivity contribution is 5.87. The Labute approximate surface area is 313 Å². The molecule has 1 fully saturated rings. The first-order chi connectivity index (χ1) is 25.2. The SMILES string of the molecule is CC(=O)O[C@@H](CC(=O)OC(C)(C)C)C(=O)O[C@H](C(=O)OC1=CC[C@@]2(O)[C@@H]3Cc4ccc(OC(=O)OC(C)(C)C)c5c4[C@@]2(CCN3C)[C@H]1O5)c1ccccc1. The summed E-state index contributed by atoms with van der Waals surface area (Å²) in [5, 5.41) is 12.7. The van der Waals surface area contributed by atoms with Crippen LogP contribution in [-0.4, -0.2) is 88.7 Å². The maximum atomic E-state index is 14.2. The zero-order valence-electron chi connectivity index (χ0n) is 31.8. The number of hydrogen-bond donors (Lipinski definition) is 1. The van der Waals surface area contributed by atoms with E-state index in [1.54, 1.807) is 84.0 Å². The maximum Gasteiger partial charge on any atom is 0.514 e. The highest BCUT2D eigenvalue weighted by Gasteiger charge is 2.72. The third-order valence-corrected chi connectivity index (χ3v) is 10.0. The smallest absolute Gasteiger partial charge is 0.477 e. The topological polar surface area (TPSA) is 173 Å². The Morgan fingerprint density at radius 1 is 0.926 bits per heavy atom. The third kappa shape index (κ3) is 7.28. The van der Waals surface area contributed by atoms with Crippen LogP contribution in [0.4, 0.5) is 4.79 Å². The second-order valence-electron chi connectivity index (χ2n) is 16.2. The quantitative estimate of drug-likeness (QED) is 0.211. The molecule has 4 aliphatic rings. The van der Waals surface area contributed by atoms with Crippen molar-refractivity contribution in [1.29, 1.82) is 0 Å². The molecule has 2 aromatic rings. The molecule has 0 amide bonds. The molecule has 2 heterocycles. The Bertz CT molecular complexity index is 1880. The van der Waals surface area contributed by atoms with Gasteiger partial charge < -0.3 is 43.2 Å². The predicted octanol–water partition coefficient (Wildman–Crippen LogP) is 4.77. The first kappa shape index (κ1) is 38.8. The van der Waals surface area contributed by atoms with Crippen LogP contribution in [0.15, 0.2) is 54.3 Å². The van der Waals surface area contributed by atoms with E-state index in [0.717, 1.165) is 12.5 Å². The number of ether oxygens (including phenoxy) is 7. The van der Waals surface area contributed by atoms with Crippen molar-refractivity contribution in [3.05, 3.63) is 71.0 Å². The lowest BCUT2D eigenvalue weighted by Crippen LogP contribution is -2.74. The number of hydrogen-bond acceptors (Lipinski definition) is 14. The average molecular weight is 750 g/mol. The molecule has 0 radical (unpaired) electrons. The molecular weight excluding hydrogens is 702 g/mol. The molecule has 6 rings (SSSR count). The van der Waals surface area contributed by atoms with Gasteiger partial charge in [0.25, 0.3) is 0 Å². The van der Waals surface area contributed by atoms with Gasteiger partial charge in [0.15, 0.2) is 17.6 Å². The van der Waals surface area contributed by atoms with Gasteiger partial charge in [-0.1, -0.05) is 36.4 Å². The lowest BCUT2D eigenvalue weighted by Gasteiger charge is -2.61. The Hall–Kier alpha value is -4.95. The molecule has 2 aliphatic heterocycles. The van der Waals surface area contributed by atoms with Crippen LogP contribution in [0.5, 0.6) is 11.5 Å². The van der Waals surface area contributed by atoms with Gasteiger partial charge in [0.05, 0.1) is 17.4 Å². The van der Waals surface area contributed by atoms with Crippen molar-refractivity contribution in [2.75, 3.05) is 13.6 Å². The molecule has 54 heavy (non-hydrogen) atoms. The fraction of sp³-hybridized carbons (Fsp3) is 0.525. The standard InChI is InChI=1S/C40H47NO13/c1-22(42)48-27(21-29(43)53-37(2,3)4)34(44)52-31(23-12-10-9-11-13-23)35(45)49-26-16-17-40(47)28-20-24-14-15-25(50-36(46)54-38(5,6)7)32-30(24)39(40,33(26)51-32)18-19-41(28)8/h9-16,27-28,31,33,47H,17-21H2,1-8H3/t27-,28-,31-,33-,39-,40+/m0/s1. The van der Waals surface area contributed by atoms with Crippen molar-refractivity contribution < 1.29 is 62.2 Å². The van der Waals surface area contributed by atoms with Crippen LogP contribution in [0.2, 0.25) is 0 Å². The Balaban J connectivity index is 1.33. The van der Waals surface area contributed by atoms with Crippen LogP contribution < -0.4 is 9.47 Å². The highest BCUT2D eigenvalue weighted by Crippen LogP contribution is 2.65. The predicted molar refractivity (Wildman–Crippen MR) is 189 cm³/mol. The monoisotopic (exact) mass is 749 g/mol. The Kier molecular flexibility index (Phi) is 10.1. The van der Waals surface area contributed by atoms with Gasteiger partial charge in [0.2, 0.25) is 12.2 Å². The number of esters is 4. The minimum Gasteiger partial charge on any atom is -0.477 e. The molecule has 0 unspecified atom stereocenters. The number of benzene rings is 2. The molecule has 0 saturated carbocycles. The first-order valence-electron chi connectivity index (χ1n) is 17.9. The third-order valence-electron chi connectivity index (χ3n) is 10.0. The molecule has 1 saturated heterocycles. The van der Waals surface area contributed by atoms with E-state index in [1.165, 1.54) is 0 Å². The summed E-state index contributed by atoms with van der Waals surface area (Å²) in [4.78, 5) is 67.3. The van der Waals surface area contributed by atoms with Crippen molar-refractivity contribution in [1.82, 2.24) is 4.90 Å². The fourth-order valence-electron chi connectivity index (χ4n) is 8.02. The second kappa shape index (κ2) is 14.0. The molecule has 14 heteroatoms. The Morgan fingerprint density at radius 2 is 1.61 bits per heavy atom. The summed E-state index contributed by atoms with van der Waals surface area (Å²) in [6, 6.07) is 11.3. The number of likely N-dealkylation sites (tertiary alicyclic amines) is 1. The van der Waals surface area contributed by atoms with Crippen LogP contribution in [0.25, 0.3) is 0 Å². The van der Waals surface area contributed by atoms with Crippen LogP contribution in [0, 0.1) is 0 Å².